The molecule has 1 aliphatic carbocycles. The summed E-state index contributed by atoms with van der Waals surface area (Å²) < 4.78 is 22.8. The molecule has 20 heavy (non-hydrogen) atoms. The number of hydrogen-bond donors (Lipinski definition) is 4. The van der Waals surface area contributed by atoms with Crippen molar-refractivity contribution in [2.24, 2.45) is 11.1 Å². The van der Waals surface area contributed by atoms with Gasteiger partial charge in [0.2, 0.25) is 10.0 Å². The molecule has 112 valence electrons. The second kappa shape index (κ2) is 5.99. The lowest BCUT2D eigenvalue weighted by molar-refractivity contribution is 0.111. The van der Waals surface area contributed by atoms with E-state index in [4.69, 9.17) is 10.9 Å². The molecule has 1 aliphatic rings. The Bertz CT molecular complexity index is 566. The predicted molar refractivity (Wildman–Crippen MR) is 78.7 cm³/mol. The quantitative estimate of drug-likeness (QED) is 0.615. The zero-order valence-corrected chi connectivity index (χ0v) is 12.1. The van der Waals surface area contributed by atoms with Gasteiger partial charge in [-0.25, -0.2) is 13.6 Å². The number of sulfonamides is 1. The van der Waals surface area contributed by atoms with E-state index in [0.717, 1.165) is 25.7 Å². The Morgan fingerprint density at radius 3 is 2.50 bits per heavy atom. The van der Waals surface area contributed by atoms with Crippen LogP contribution in [0.4, 0.5) is 11.4 Å². The van der Waals surface area contributed by atoms with Crippen LogP contribution in [-0.4, -0.2) is 26.2 Å². The monoisotopic (exact) mass is 299 g/mol. The Balaban J connectivity index is 2.03. The van der Waals surface area contributed by atoms with Gasteiger partial charge in [0.1, 0.15) is 4.90 Å². The zero-order chi connectivity index (χ0) is 14.8. The van der Waals surface area contributed by atoms with Gasteiger partial charge in [0.05, 0.1) is 17.5 Å². The van der Waals surface area contributed by atoms with Crippen molar-refractivity contribution in [2.45, 2.75) is 36.7 Å². The smallest absolute Gasteiger partial charge is 0.240 e. The van der Waals surface area contributed by atoms with Crippen LogP contribution in [0.25, 0.3) is 0 Å². The number of aliphatic hydroxyl groups is 1. The first-order valence-electron chi connectivity index (χ1n) is 6.71. The van der Waals surface area contributed by atoms with E-state index in [-0.39, 0.29) is 16.7 Å². The summed E-state index contributed by atoms with van der Waals surface area (Å²) in [5.41, 5.74) is 6.59. The number of hydrogen-bond acceptors (Lipinski definition) is 5. The van der Waals surface area contributed by atoms with E-state index < -0.39 is 10.0 Å². The Morgan fingerprint density at radius 2 is 1.90 bits per heavy atom. The highest BCUT2D eigenvalue weighted by Crippen LogP contribution is 2.28. The number of para-hydroxylation sites is 1. The molecule has 0 unspecified atom stereocenters. The molecule has 1 fully saturated rings. The normalized spacial score (nSPS) is 23.5. The number of anilines is 2. The van der Waals surface area contributed by atoms with Crippen LogP contribution in [0.5, 0.6) is 0 Å². The summed E-state index contributed by atoms with van der Waals surface area (Å²) in [5.74, 6) is 0.468. The number of benzene rings is 1. The molecule has 0 bridgehead atoms. The molecule has 1 saturated carbocycles. The maximum absolute atomic E-state index is 11.4. The van der Waals surface area contributed by atoms with Crippen molar-refractivity contribution in [1.29, 1.82) is 0 Å². The number of nitrogen functional groups attached to an aromatic ring is 1. The van der Waals surface area contributed by atoms with Crippen LogP contribution in [0.3, 0.4) is 0 Å². The fourth-order valence-corrected chi connectivity index (χ4v) is 3.23. The van der Waals surface area contributed by atoms with Crippen LogP contribution in [0.1, 0.15) is 25.7 Å². The van der Waals surface area contributed by atoms with Gasteiger partial charge in [-0.05, 0) is 43.7 Å². The van der Waals surface area contributed by atoms with Gasteiger partial charge in [0.15, 0.2) is 0 Å². The minimum atomic E-state index is -3.80. The Kier molecular flexibility index (Phi) is 4.52. The van der Waals surface area contributed by atoms with Crippen molar-refractivity contribution in [3.05, 3.63) is 18.2 Å². The molecule has 0 atom stereocenters. The molecule has 0 spiro atoms. The summed E-state index contributed by atoms with van der Waals surface area (Å²) >= 11 is 0. The molecular weight excluding hydrogens is 278 g/mol. The van der Waals surface area contributed by atoms with Gasteiger partial charge in [-0.2, -0.15) is 0 Å². The van der Waals surface area contributed by atoms with Crippen LogP contribution in [0.15, 0.2) is 23.1 Å². The van der Waals surface area contributed by atoms with Crippen LogP contribution in [-0.2, 0) is 10.0 Å². The van der Waals surface area contributed by atoms with Gasteiger partial charge >= 0.3 is 0 Å². The Labute approximate surface area is 119 Å². The molecule has 0 radical (unpaired) electrons. The van der Waals surface area contributed by atoms with Crippen molar-refractivity contribution < 1.29 is 13.5 Å². The van der Waals surface area contributed by atoms with Crippen LogP contribution in [0, 0.1) is 5.92 Å². The number of primary sulfonamides is 1. The van der Waals surface area contributed by atoms with Crippen LogP contribution < -0.4 is 16.2 Å². The van der Waals surface area contributed by atoms with E-state index in [0.29, 0.717) is 18.2 Å². The maximum atomic E-state index is 11.4. The minimum absolute atomic E-state index is 0.0541. The SMILES string of the molecule is Nc1c(NCC2CCC(O)CC2)cccc1S(N)(=O)=O. The van der Waals surface area contributed by atoms with E-state index in [1.54, 1.807) is 12.1 Å². The average molecular weight is 299 g/mol. The summed E-state index contributed by atoms with van der Waals surface area (Å²) in [6.45, 7) is 0.713. The summed E-state index contributed by atoms with van der Waals surface area (Å²) in [6.07, 6.45) is 3.38. The lowest BCUT2D eigenvalue weighted by Gasteiger charge is -2.26. The lowest BCUT2D eigenvalue weighted by Crippen LogP contribution is -2.24. The van der Waals surface area contributed by atoms with Crippen molar-refractivity contribution in [2.75, 3.05) is 17.6 Å². The van der Waals surface area contributed by atoms with E-state index >= 15 is 0 Å². The molecule has 0 aromatic heterocycles. The third-order valence-corrected chi connectivity index (χ3v) is 4.74. The van der Waals surface area contributed by atoms with Gasteiger partial charge in [-0.3, -0.25) is 0 Å². The molecule has 1 aromatic carbocycles. The first kappa shape index (κ1) is 15.1. The second-order valence-electron chi connectivity index (χ2n) is 5.32. The van der Waals surface area contributed by atoms with E-state index in [2.05, 4.69) is 5.32 Å². The fourth-order valence-electron chi connectivity index (χ4n) is 2.55. The van der Waals surface area contributed by atoms with Crippen molar-refractivity contribution in [3.8, 4) is 0 Å². The zero-order valence-electron chi connectivity index (χ0n) is 11.2. The first-order valence-corrected chi connectivity index (χ1v) is 8.26. The van der Waals surface area contributed by atoms with E-state index in [1.165, 1.54) is 6.07 Å². The van der Waals surface area contributed by atoms with Gasteiger partial charge < -0.3 is 16.2 Å². The highest BCUT2D eigenvalue weighted by atomic mass is 32.2. The molecule has 0 aliphatic heterocycles. The molecule has 6 N–H and O–H groups in total. The molecule has 6 nitrogen and oxygen atoms in total. The molecule has 0 heterocycles. The third kappa shape index (κ3) is 3.62. The van der Waals surface area contributed by atoms with Crippen LogP contribution >= 0.6 is 0 Å². The highest BCUT2D eigenvalue weighted by molar-refractivity contribution is 7.89. The lowest BCUT2D eigenvalue weighted by atomic mass is 9.87. The number of aliphatic hydroxyl groups excluding tert-OH is 1. The van der Waals surface area contributed by atoms with E-state index in [9.17, 15) is 13.5 Å². The van der Waals surface area contributed by atoms with Gasteiger partial charge in [-0.1, -0.05) is 6.07 Å². The van der Waals surface area contributed by atoms with Crippen molar-refractivity contribution in [3.63, 3.8) is 0 Å². The van der Waals surface area contributed by atoms with Crippen LogP contribution in [0.2, 0.25) is 0 Å². The second-order valence-corrected chi connectivity index (χ2v) is 6.85. The number of rotatable bonds is 4. The van der Waals surface area contributed by atoms with Crippen molar-refractivity contribution in [1.82, 2.24) is 0 Å². The van der Waals surface area contributed by atoms with Gasteiger partial charge in [0, 0.05) is 6.54 Å². The summed E-state index contributed by atoms with van der Waals surface area (Å²) in [6, 6.07) is 4.75. The topological polar surface area (TPSA) is 118 Å². The molecule has 7 heteroatoms. The number of nitrogens with one attached hydrogen (secondary N) is 1. The average Bonchev–Trinajstić information content (AvgIpc) is 2.38. The van der Waals surface area contributed by atoms with Gasteiger partial charge in [0.25, 0.3) is 0 Å². The minimum Gasteiger partial charge on any atom is -0.396 e. The van der Waals surface area contributed by atoms with Crippen molar-refractivity contribution >= 4 is 21.4 Å². The molecular formula is C13H21N3O3S. The number of nitrogens with two attached hydrogens (primary N) is 2. The summed E-state index contributed by atoms with van der Waals surface area (Å²) in [7, 11) is -3.80. The predicted octanol–water partition coefficient (Wildman–Crippen LogP) is 0.879. The molecule has 1 aromatic rings. The van der Waals surface area contributed by atoms with E-state index in [1.807, 2.05) is 0 Å². The summed E-state index contributed by atoms with van der Waals surface area (Å²) in [4.78, 5) is -0.0541. The maximum Gasteiger partial charge on any atom is 0.240 e. The Morgan fingerprint density at radius 1 is 1.25 bits per heavy atom. The standard InChI is InChI=1S/C13H21N3O3S/c14-13-11(2-1-3-12(13)20(15,18)19)16-8-9-4-6-10(17)7-5-9/h1-3,9-10,16-17H,4-8,14H2,(H2,15,18,19). The highest BCUT2D eigenvalue weighted by Gasteiger charge is 2.20. The molecule has 0 amide bonds. The van der Waals surface area contributed by atoms with Gasteiger partial charge in [-0.15, -0.1) is 0 Å². The molecule has 0 saturated heterocycles. The Hall–Kier alpha value is -1.31. The largest absolute Gasteiger partial charge is 0.396 e. The first-order chi connectivity index (χ1) is 9.38. The fraction of sp³-hybridized carbons (Fsp3) is 0.538. The summed E-state index contributed by atoms with van der Waals surface area (Å²) in [5, 5.41) is 17.8. The third-order valence-electron chi connectivity index (χ3n) is 3.77. The molecule has 2 rings (SSSR count).